The molecule has 2 heterocycles. The van der Waals surface area contributed by atoms with E-state index in [-0.39, 0.29) is 0 Å². The largest absolute Gasteiger partial charge is 0.479 e. The van der Waals surface area contributed by atoms with Gasteiger partial charge in [-0.15, -0.1) is 0 Å². The van der Waals surface area contributed by atoms with Gasteiger partial charge in [0.1, 0.15) is 18.3 Å². The van der Waals surface area contributed by atoms with Crippen molar-refractivity contribution in [3.05, 3.63) is 22.5 Å². The minimum absolute atomic E-state index is 0.479. The first-order valence-electron chi connectivity index (χ1n) is 5.44. The molecule has 0 bridgehead atoms. The van der Waals surface area contributed by atoms with E-state index in [1.165, 1.54) is 0 Å². The van der Waals surface area contributed by atoms with Crippen molar-refractivity contribution in [1.82, 2.24) is 9.55 Å². The SMILES string of the molecule is COc1nc(=O)n([C@@H]2O[C@@H](CO)[C@@H](O)[C@H]2O)cc1F. The normalized spacial score (nSPS) is 30.6. The van der Waals surface area contributed by atoms with E-state index in [4.69, 9.17) is 9.84 Å². The molecule has 0 aliphatic carbocycles. The van der Waals surface area contributed by atoms with E-state index in [0.29, 0.717) is 4.57 Å². The second kappa shape index (κ2) is 5.21. The first kappa shape index (κ1) is 13.9. The van der Waals surface area contributed by atoms with Gasteiger partial charge in [-0.25, -0.2) is 4.79 Å². The van der Waals surface area contributed by atoms with Crippen LogP contribution in [0.5, 0.6) is 5.88 Å². The Balaban J connectivity index is 2.38. The number of halogens is 1. The molecule has 1 aromatic rings. The third-order valence-electron chi connectivity index (χ3n) is 2.86. The summed E-state index contributed by atoms with van der Waals surface area (Å²) in [6.07, 6.45) is -4.49. The molecule has 0 unspecified atom stereocenters. The lowest BCUT2D eigenvalue weighted by Gasteiger charge is -2.17. The fourth-order valence-corrected chi connectivity index (χ4v) is 1.87. The van der Waals surface area contributed by atoms with Gasteiger partial charge in [-0.1, -0.05) is 0 Å². The average molecular weight is 276 g/mol. The molecule has 4 atom stereocenters. The number of nitrogens with zero attached hydrogens (tertiary/aromatic N) is 2. The van der Waals surface area contributed by atoms with Gasteiger partial charge in [0.15, 0.2) is 6.23 Å². The maximum Gasteiger partial charge on any atom is 0.353 e. The summed E-state index contributed by atoms with van der Waals surface area (Å²) in [7, 11) is 1.15. The number of aliphatic hydroxyl groups is 3. The molecule has 1 aliphatic heterocycles. The van der Waals surface area contributed by atoms with Crippen LogP contribution in [0.25, 0.3) is 0 Å². The fourth-order valence-electron chi connectivity index (χ4n) is 1.87. The number of aliphatic hydroxyl groups excluding tert-OH is 3. The topological polar surface area (TPSA) is 114 Å². The third-order valence-corrected chi connectivity index (χ3v) is 2.86. The predicted octanol–water partition coefficient (Wildman–Crippen LogP) is -2.00. The van der Waals surface area contributed by atoms with Crippen LogP contribution in [-0.4, -0.2) is 56.9 Å². The summed E-state index contributed by atoms with van der Waals surface area (Å²) in [6, 6.07) is 0. The summed E-state index contributed by atoms with van der Waals surface area (Å²) < 4.78 is 23.8. The van der Waals surface area contributed by atoms with Gasteiger partial charge in [0.05, 0.1) is 19.9 Å². The Bertz CT molecular complexity index is 521. The molecule has 2 rings (SSSR count). The summed E-state index contributed by atoms with van der Waals surface area (Å²) in [5.41, 5.74) is -0.909. The number of hydrogen-bond acceptors (Lipinski definition) is 7. The van der Waals surface area contributed by atoms with Gasteiger partial charge in [0, 0.05) is 0 Å². The Hall–Kier alpha value is -1.55. The molecule has 0 saturated carbocycles. The molecular formula is C10H13FN2O6. The molecule has 0 amide bonds. The standard InChI is InChI=1S/C10H13FN2O6/c1-18-8-4(11)2-13(10(17)12-8)9-7(16)6(15)5(3-14)19-9/h2,5-7,9,14-16H,3H2,1H3/t5-,6+,7+,9+/m0/s1. The van der Waals surface area contributed by atoms with Gasteiger partial charge < -0.3 is 24.8 Å². The number of aromatic nitrogens is 2. The molecule has 0 radical (unpaired) electrons. The molecule has 19 heavy (non-hydrogen) atoms. The van der Waals surface area contributed by atoms with Gasteiger partial charge in [0.25, 0.3) is 5.88 Å². The number of hydrogen-bond donors (Lipinski definition) is 3. The predicted molar refractivity (Wildman–Crippen MR) is 58.0 cm³/mol. The van der Waals surface area contributed by atoms with Gasteiger partial charge in [-0.2, -0.15) is 9.37 Å². The Labute approximate surface area is 106 Å². The highest BCUT2D eigenvalue weighted by molar-refractivity contribution is 5.10. The van der Waals surface area contributed by atoms with Crippen molar-refractivity contribution in [3.63, 3.8) is 0 Å². The van der Waals surface area contributed by atoms with E-state index < -0.39 is 48.5 Å². The van der Waals surface area contributed by atoms with E-state index in [9.17, 15) is 19.4 Å². The smallest absolute Gasteiger partial charge is 0.353 e. The van der Waals surface area contributed by atoms with Crippen LogP contribution in [0.4, 0.5) is 4.39 Å². The molecule has 0 spiro atoms. The highest BCUT2D eigenvalue weighted by atomic mass is 19.1. The van der Waals surface area contributed by atoms with Crippen LogP contribution in [0.15, 0.2) is 11.0 Å². The summed E-state index contributed by atoms with van der Waals surface area (Å²) in [4.78, 5) is 15.0. The van der Waals surface area contributed by atoms with Crippen LogP contribution in [0.1, 0.15) is 6.23 Å². The van der Waals surface area contributed by atoms with Gasteiger partial charge in [0.2, 0.25) is 5.82 Å². The Morgan fingerprint density at radius 1 is 1.53 bits per heavy atom. The third kappa shape index (κ3) is 2.32. The van der Waals surface area contributed by atoms with Crippen LogP contribution in [-0.2, 0) is 4.74 Å². The maximum atomic E-state index is 13.5. The maximum absolute atomic E-state index is 13.5. The quantitative estimate of drug-likeness (QED) is 0.585. The van der Waals surface area contributed by atoms with Gasteiger partial charge >= 0.3 is 5.69 Å². The van der Waals surface area contributed by atoms with Gasteiger partial charge in [-0.05, 0) is 0 Å². The summed E-state index contributed by atoms with van der Waals surface area (Å²) in [5.74, 6) is -1.40. The van der Waals surface area contributed by atoms with E-state index in [1.807, 2.05) is 0 Å². The molecule has 1 saturated heterocycles. The number of rotatable bonds is 3. The number of methoxy groups -OCH3 is 1. The summed E-state index contributed by atoms with van der Waals surface area (Å²) >= 11 is 0. The van der Waals surface area contributed by atoms with Crippen LogP contribution < -0.4 is 10.4 Å². The molecule has 0 aromatic carbocycles. The zero-order valence-electron chi connectivity index (χ0n) is 9.93. The first-order chi connectivity index (χ1) is 8.99. The molecule has 3 N–H and O–H groups in total. The molecule has 9 heteroatoms. The molecular weight excluding hydrogens is 263 g/mol. The Morgan fingerprint density at radius 2 is 2.21 bits per heavy atom. The van der Waals surface area contributed by atoms with Crippen molar-refractivity contribution < 1.29 is 29.2 Å². The average Bonchev–Trinajstić information content (AvgIpc) is 2.68. The molecule has 1 fully saturated rings. The van der Waals surface area contributed by atoms with E-state index in [0.717, 1.165) is 13.3 Å². The van der Waals surface area contributed by atoms with Crippen LogP contribution in [0.2, 0.25) is 0 Å². The lowest BCUT2D eigenvalue weighted by Crippen LogP contribution is -2.36. The zero-order valence-corrected chi connectivity index (χ0v) is 9.93. The fraction of sp³-hybridized carbons (Fsp3) is 0.600. The van der Waals surface area contributed by atoms with Crippen LogP contribution in [0, 0.1) is 5.82 Å². The molecule has 8 nitrogen and oxygen atoms in total. The number of ether oxygens (including phenoxy) is 2. The highest BCUT2D eigenvalue weighted by Gasteiger charge is 2.44. The second-order valence-electron chi connectivity index (χ2n) is 4.02. The molecule has 1 aliphatic rings. The minimum Gasteiger partial charge on any atom is -0.479 e. The van der Waals surface area contributed by atoms with Crippen molar-refractivity contribution in [3.8, 4) is 5.88 Å². The highest BCUT2D eigenvalue weighted by Crippen LogP contribution is 2.28. The summed E-state index contributed by atoms with van der Waals surface area (Å²) in [5, 5.41) is 28.2. The van der Waals surface area contributed by atoms with E-state index in [1.54, 1.807) is 0 Å². The molecule has 106 valence electrons. The van der Waals surface area contributed by atoms with Crippen molar-refractivity contribution in [2.45, 2.75) is 24.5 Å². The Kier molecular flexibility index (Phi) is 3.80. The van der Waals surface area contributed by atoms with Crippen LogP contribution >= 0.6 is 0 Å². The Morgan fingerprint density at radius 3 is 2.74 bits per heavy atom. The van der Waals surface area contributed by atoms with E-state index >= 15 is 0 Å². The summed E-state index contributed by atoms with van der Waals surface area (Å²) in [6.45, 7) is -0.546. The van der Waals surface area contributed by atoms with E-state index in [2.05, 4.69) is 9.72 Å². The zero-order chi connectivity index (χ0) is 14.2. The molecule has 1 aromatic heterocycles. The lowest BCUT2D eigenvalue weighted by molar-refractivity contribution is -0.0555. The first-order valence-corrected chi connectivity index (χ1v) is 5.44. The van der Waals surface area contributed by atoms with Crippen molar-refractivity contribution in [1.29, 1.82) is 0 Å². The van der Waals surface area contributed by atoms with Crippen LogP contribution in [0.3, 0.4) is 0 Å². The van der Waals surface area contributed by atoms with Crippen molar-refractivity contribution in [2.75, 3.05) is 13.7 Å². The van der Waals surface area contributed by atoms with Gasteiger partial charge in [-0.3, -0.25) is 4.57 Å². The second-order valence-corrected chi connectivity index (χ2v) is 4.02. The monoisotopic (exact) mass is 276 g/mol. The van der Waals surface area contributed by atoms with Crippen molar-refractivity contribution in [2.24, 2.45) is 0 Å². The lowest BCUT2D eigenvalue weighted by atomic mass is 10.1. The van der Waals surface area contributed by atoms with Crippen molar-refractivity contribution >= 4 is 0 Å². The minimum atomic E-state index is -1.48.